The van der Waals surface area contributed by atoms with E-state index in [9.17, 15) is 0 Å². The van der Waals surface area contributed by atoms with Crippen LogP contribution in [-0.2, 0) is 0 Å². The van der Waals surface area contributed by atoms with Gasteiger partial charge in [-0.2, -0.15) is 0 Å². The molecule has 2 saturated carbocycles. The van der Waals surface area contributed by atoms with Crippen LogP contribution in [0.5, 0.6) is 0 Å². The summed E-state index contributed by atoms with van der Waals surface area (Å²) in [6.45, 7) is 0. The lowest BCUT2D eigenvalue weighted by atomic mass is 9.95. The third-order valence-electron chi connectivity index (χ3n) is 3.15. The van der Waals surface area contributed by atoms with Crippen molar-refractivity contribution in [2.24, 2.45) is 0 Å². The summed E-state index contributed by atoms with van der Waals surface area (Å²) in [7, 11) is 0. The van der Waals surface area contributed by atoms with Crippen molar-refractivity contribution < 1.29 is 10.2 Å². The molecule has 84 valence electrons. The molecule has 2 rings (SSSR count). The predicted molar refractivity (Wildman–Crippen MR) is 58.0 cm³/mol. The standard InChI is InChI=1S/C6H12O2.C6H12/c7-6(8)4-2-1-3-5-6;1-2-4-6-5-3-1/h7-8H,1-5H2;1-6H2. The molecule has 14 heavy (non-hydrogen) atoms. The van der Waals surface area contributed by atoms with E-state index in [-0.39, 0.29) is 0 Å². The number of hydrogen-bond donors (Lipinski definition) is 2. The van der Waals surface area contributed by atoms with Gasteiger partial charge in [-0.25, -0.2) is 0 Å². The van der Waals surface area contributed by atoms with Gasteiger partial charge in [0.05, 0.1) is 0 Å². The average molecular weight is 200 g/mol. The van der Waals surface area contributed by atoms with Crippen LogP contribution in [0.1, 0.15) is 70.6 Å². The van der Waals surface area contributed by atoms with Crippen molar-refractivity contribution in [3.8, 4) is 0 Å². The third-order valence-corrected chi connectivity index (χ3v) is 3.15. The molecule has 2 N–H and O–H groups in total. The smallest absolute Gasteiger partial charge is 0.162 e. The topological polar surface area (TPSA) is 40.5 Å². The summed E-state index contributed by atoms with van der Waals surface area (Å²) in [6, 6.07) is 0. The Balaban J connectivity index is 0.000000146. The van der Waals surface area contributed by atoms with Gasteiger partial charge in [0.25, 0.3) is 0 Å². The van der Waals surface area contributed by atoms with Gasteiger partial charge >= 0.3 is 0 Å². The molecule has 0 aromatic rings. The summed E-state index contributed by atoms with van der Waals surface area (Å²) in [5.41, 5.74) is 0. The maximum absolute atomic E-state index is 8.93. The molecule has 0 atom stereocenters. The molecule has 2 nitrogen and oxygen atoms in total. The Kier molecular flexibility index (Phi) is 5.49. The Morgan fingerprint density at radius 3 is 1.00 bits per heavy atom. The normalized spacial score (nSPS) is 26.1. The van der Waals surface area contributed by atoms with Crippen molar-refractivity contribution in [3.05, 3.63) is 0 Å². The number of aliphatic hydroxyl groups is 2. The lowest BCUT2D eigenvalue weighted by Crippen LogP contribution is -2.30. The van der Waals surface area contributed by atoms with Gasteiger partial charge in [0.15, 0.2) is 5.79 Å². The predicted octanol–water partition coefficient (Wildman–Crippen LogP) is 2.97. The molecule has 0 aliphatic heterocycles. The first-order valence-corrected chi connectivity index (χ1v) is 6.15. The second-order valence-electron chi connectivity index (χ2n) is 4.66. The van der Waals surface area contributed by atoms with Gasteiger partial charge in [-0.05, 0) is 12.8 Å². The molecule has 2 heteroatoms. The van der Waals surface area contributed by atoms with Crippen LogP contribution in [-0.4, -0.2) is 16.0 Å². The molecule has 2 aliphatic carbocycles. The van der Waals surface area contributed by atoms with Crippen LogP contribution in [0.4, 0.5) is 0 Å². The summed E-state index contributed by atoms with van der Waals surface area (Å²) in [5.74, 6) is -1.32. The van der Waals surface area contributed by atoms with E-state index in [4.69, 9.17) is 10.2 Å². The molecule has 0 aromatic carbocycles. The zero-order valence-electron chi connectivity index (χ0n) is 9.17. The summed E-state index contributed by atoms with van der Waals surface area (Å²) < 4.78 is 0. The van der Waals surface area contributed by atoms with Crippen LogP contribution in [0.2, 0.25) is 0 Å². The first kappa shape index (κ1) is 12.0. The quantitative estimate of drug-likeness (QED) is 0.590. The van der Waals surface area contributed by atoms with Gasteiger partial charge in [-0.3, -0.25) is 0 Å². The van der Waals surface area contributed by atoms with E-state index in [1.54, 1.807) is 0 Å². The van der Waals surface area contributed by atoms with Gasteiger partial charge < -0.3 is 10.2 Å². The van der Waals surface area contributed by atoms with E-state index < -0.39 is 5.79 Å². The Morgan fingerprint density at radius 1 is 0.500 bits per heavy atom. The fraction of sp³-hybridized carbons (Fsp3) is 1.00. The number of rotatable bonds is 0. The Labute approximate surface area is 87.3 Å². The molecular weight excluding hydrogens is 176 g/mol. The van der Waals surface area contributed by atoms with Crippen molar-refractivity contribution in [1.29, 1.82) is 0 Å². The van der Waals surface area contributed by atoms with E-state index in [1.165, 1.54) is 38.5 Å². The highest BCUT2D eigenvalue weighted by atomic mass is 16.5. The molecule has 0 radical (unpaired) electrons. The van der Waals surface area contributed by atoms with E-state index in [1.807, 2.05) is 0 Å². The van der Waals surface area contributed by atoms with Gasteiger partial charge in [-0.1, -0.05) is 44.9 Å². The highest BCUT2D eigenvalue weighted by Gasteiger charge is 2.24. The van der Waals surface area contributed by atoms with Crippen molar-refractivity contribution in [2.45, 2.75) is 76.4 Å². The molecule has 0 aromatic heterocycles. The Bertz CT molecular complexity index is 120. The maximum atomic E-state index is 8.93. The summed E-state index contributed by atoms with van der Waals surface area (Å²) in [5, 5.41) is 17.9. The van der Waals surface area contributed by atoms with E-state index in [0.717, 1.165) is 19.3 Å². The molecule has 2 aliphatic rings. The molecule has 0 unspecified atom stereocenters. The Morgan fingerprint density at radius 2 is 0.786 bits per heavy atom. The molecule has 0 saturated heterocycles. The van der Waals surface area contributed by atoms with Gasteiger partial charge in [0.1, 0.15) is 0 Å². The van der Waals surface area contributed by atoms with E-state index >= 15 is 0 Å². The molecule has 0 amide bonds. The summed E-state index contributed by atoms with van der Waals surface area (Å²) in [6.07, 6.45) is 13.2. The van der Waals surface area contributed by atoms with Crippen LogP contribution < -0.4 is 0 Å². The van der Waals surface area contributed by atoms with Crippen LogP contribution >= 0.6 is 0 Å². The molecule has 0 bridgehead atoms. The highest BCUT2D eigenvalue weighted by molar-refractivity contribution is 4.69. The minimum atomic E-state index is -1.32. The lowest BCUT2D eigenvalue weighted by molar-refractivity contribution is -0.180. The van der Waals surface area contributed by atoms with Gasteiger partial charge in [-0.15, -0.1) is 0 Å². The third kappa shape index (κ3) is 5.61. The minimum absolute atomic E-state index is 0.562. The van der Waals surface area contributed by atoms with Crippen LogP contribution in [0.3, 0.4) is 0 Å². The zero-order chi connectivity index (χ0) is 10.3. The molecular formula is C12H24O2. The molecule has 2 fully saturated rings. The largest absolute Gasteiger partial charge is 0.366 e. The Hall–Kier alpha value is -0.0800. The van der Waals surface area contributed by atoms with Crippen molar-refractivity contribution in [3.63, 3.8) is 0 Å². The first-order valence-electron chi connectivity index (χ1n) is 6.15. The van der Waals surface area contributed by atoms with Crippen molar-refractivity contribution >= 4 is 0 Å². The van der Waals surface area contributed by atoms with Crippen molar-refractivity contribution in [2.75, 3.05) is 0 Å². The summed E-state index contributed by atoms with van der Waals surface area (Å²) >= 11 is 0. The van der Waals surface area contributed by atoms with E-state index in [0.29, 0.717) is 12.8 Å². The fourth-order valence-corrected chi connectivity index (χ4v) is 2.18. The lowest BCUT2D eigenvalue weighted by Gasteiger charge is -2.25. The zero-order valence-corrected chi connectivity index (χ0v) is 9.17. The first-order chi connectivity index (χ1) is 6.71. The van der Waals surface area contributed by atoms with Crippen LogP contribution in [0.15, 0.2) is 0 Å². The second-order valence-corrected chi connectivity index (χ2v) is 4.66. The van der Waals surface area contributed by atoms with Crippen LogP contribution in [0, 0.1) is 0 Å². The molecule has 0 spiro atoms. The van der Waals surface area contributed by atoms with Crippen LogP contribution in [0.25, 0.3) is 0 Å². The monoisotopic (exact) mass is 200 g/mol. The summed E-state index contributed by atoms with van der Waals surface area (Å²) in [4.78, 5) is 0. The highest BCUT2D eigenvalue weighted by Crippen LogP contribution is 2.24. The van der Waals surface area contributed by atoms with E-state index in [2.05, 4.69) is 0 Å². The fourth-order valence-electron chi connectivity index (χ4n) is 2.18. The minimum Gasteiger partial charge on any atom is -0.366 e. The maximum Gasteiger partial charge on any atom is 0.162 e. The second kappa shape index (κ2) is 6.41. The van der Waals surface area contributed by atoms with Crippen molar-refractivity contribution in [1.82, 2.24) is 0 Å². The average Bonchev–Trinajstić information content (AvgIpc) is 2.21. The van der Waals surface area contributed by atoms with Gasteiger partial charge in [0, 0.05) is 12.8 Å². The van der Waals surface area contributed by atoms with Gasteiger partial charge in [0.2, 0.25) is 0 Å². The molecule has 0 heterocycles. The SMILES string of the molecule is C1CCCCC1.OC1(O)CCCCC1. The number of hydrogen-bond acceptors (Lipinski definition) is 2.